The molecular weight excluding hydrogens is 370 g/mol. The maximum absolute atomic E-state index is 12.7. The predicted octanol–water partition coefficient (Wildman–Crippen LogP) is 6.03. The summed E-state index contributed by atoms with van der Waals surface area (Å²) in [7, 11) is 0. The number of aryl methyl sites for hydroxylation is 2. The number of carbonyl (C=O) groups is 1. The molecule has 3 rings (SSSR count). The number of halogens is 1. The van der Waals surface area contributed by atoms with Crippen molar-refractivity contribution in [3.63, 3.8) is 0 Å². The third kappa shape index (κ3) is 4.93. The van der Waals surface area contributed by atoms with Crippen LogP contribution in [0.2, 0.25) is 5.02 Å². The van der Waals surface area contributed by atoms with Gasteiger partial charge < -0.3 is 10.1 Å². The molecule has 1 atom stereocenters. The molecule has 0 heterocycles. The Morgan fingerprint density at radius 1 is 1.00 bits per heavy atom. The monoisotopic (exact) mass is 393 g/mol. The molecule has 1 amide bonds. The molecule has 0 saturated heterocycles. The van der Waals surface area contributed by atoms with Gasteiger partial charge in [0, 0.05) is 16.1 Å². The third-order valence-corrected chi connectivity index (χ3v) is 5.20. The Hall–Kier alpha value is -2.78. The lowest BCUT2D eigenvalue weighted by atomic mass is 10.0. The van der Waals surface area contributed by atoms with Crippen LogP contribution in [-0.4, -0.2) is 5.91 Å². The zero-order chi connectivity index (χ0) is 20.1. The highest BCUT2D eigenvalue weighted by molar-refractivity contribution is 6.31. The minimum Gasteiger partial charge on any atom is -0.489 e. The largest absolute Gasteiger partial charge is 0.489 e. The molecule has 3 aromatic carbocycles. The molecule has 0 spiro atoms. The molecular formula is C24H24ClNO2. The minimum absolute atomic E-state index is 0.0838. The average Bonchev–Trinajstić information content (AvgIpc) is 2.69. The second-order valence-electron chi connectivity index (χ2n) is 6.95. The van der Waals surface area contributed by atoms with E-state index in [-0.39, 0.29) is 11.9 Å². The van der Waals surface area contributed by atoms with Gasteiger partial charge in [-0.3, -0.25) is 4.79 Å². The molecule has 0 bridgehead atoms. The van der Waals surface area contributed by atoms with Crippen LogP contribution >= 0.6 is 11.6 Å². The number of rotatable bonds is 6. The Morgan fingerprint density at radius 3 is 2.54 bits per heavy atom. The Balaban J connectivity index is 1.66. The first-order valence-electron chi connectivity index (χ1n) is 9.28. The van der Waals surface area contributed by atoms with Crippen molar-refractivity contribution >= 4 is 17.5 Å². The standard InChI is InChI=1S/C24H24ClNO2/c1-16-11-12-19(13-17(16)2)18(3)26-24(27)20-8-6-9-22(14-20)28-15-21-7-4-5-10-23(21)25/h4-14,18H,15H2,1-3H3,(H,26,27)/t18-/m0/s1. The quantitative estimate of drug-likeness (QED) is 0.555. The van der Waals surface area contributed by atoms with Crippen LogP contribution in [0.4, 0.5) is 0 Å². The molecule has 0 saturated carbocycles. The number of nitrogens with one attached hydrogen (secondary N) is 1. The van der Waals surface area contributed by atoms with Crippen molar-refractivity contribution in [2.24, 2.45) is 0 Å². The van der Waals surface area contributed by atoms with E-state index in [1.165, 1.54) is 11.1 Å². The van der Waals surface area contributed by atoms with Crippen molar-refractivity contribution in [3.05, 3.63) is 99.6 Å². The molecule has 144 valence electrons. The van der Waals surface area contributed by atoms with Gasteiger partial charge in [-0.1, -0.05) is 54.1 Å². The molecule has 1 N–H and O–H groups in total. The highest BCUT2D eigenvalue weighted by atomic mass is 35.5. The van der Waals surface area contributed by atoms with E-state index in [1.807, 2.05) is 43.3 Å². The van der Waals surface area contributed by atoms with Crippen LogP contribution in [0.1, 0.15) is 45.6 Å². The SMILES string of the molecule is Cc1ccc([C@H](C)NC(=O)c2cccc(OCc3ccccc3Cl)c2)cc1C. The van der Waals surface area contributed by atoms with Crippen molar-refractivity contribution in [2.45, 2.75) is 33.4 Å². The first-order valence-corrected chi connectivity index (χ1v) is 9.66. The van der Waals surface area contributed by atoms with Gasteiger partial charge in [0.2, 0.25) is 0 Å². The second-order valence-corrected chi connectivity index (χ2v) is 7.35. The summed E-state index contributed by atoms with van der Waals surface area (Å²) in [5.41, 5.74) is 5.01. The van der Waals surface area contributed by atoms with Gasteiger partial charge in [0.25, 0.3) is 5.91 Å². The molecule has 0 radical (unpaired) electrons. The summed E-state index contributed by atoms with van der Waals surface area (Å²) in [6.45, 7) is 6.49. The Kier molecular flexibility index (Phi) is 6.37. The van der Waals surface area contributed by atoms with Crippen molar-refractivity contribution in [3.8, 4) is 5.75 Å². The lowest BCUT2D eigenvalue weighted by Gasteiger charge is -2.16. The molecule has 28 heavy (non-hydrogen) atoms. The van der Waals surface area contributed by atoms with Crippen LogP contribution in [0.3, 0.4) is 0 Å². The smallest absolute Gasteiger partial charge is 0.251 e. The summed E-state index contributed by atoms with van der Waals surface area (Å²) < 4.78 is 5.82. The normalized spacial score (nSPS) is 11.7. The van der Waals surface area contributed by atoms with E-state index in [2.05, 4.69) is 37.4 Å². The van der Waals surface area contributed by atoms with Crippen LogP contribution < -0.4 is 10.1 Å². The molecule has 0 aliphatic rings. The minimum atomic E-state index is -0.131. The highest BCUT2D eigenvalue weighted by Crippen LogP contribution is 2.21. The second kappa shape index (κ2) is 8.94. The van der Waals surface area contributed by atoms with Crippen molar-refractivity contribution in [1.29, 1.82) is 0 Å². The zero-order valence-corrected chi connectivity index (χ0v) is 17.1. The van der Waals surface area contributed by atoms with Crippen molar-refractivity contribution < 1.29 is 9.53 Å². The maximum atomic E-state index is 12.7. The average molecular weight is 394 g/mol. The topological polar surface area (TPSA) is 38.3 Å². The van der Waals surface area contributed by atoms with Gasteiger partial charge in [0.15, 0.2) is 0 Å². The summed E-state index contributed by atoms with van der Waals surface area (Å²) in [6, 6.07) is 20.9. The van der Waals surface area contributed by atoms with Crippen LogP contribution in [0, 0.1) is 13.8 Å². The number of hydrogen-bond acceptors (Lipinski definition) is 2. The summed E-state index contributed by atoms with van der Waals surface area (Å²) in [4.78, 5) is 12.7. The van der Waals surface area contributed by atoms with E-state index < -0.39 is 0 Å². The summed E-state index contributed by atoms with van der Waals surface area (Å²) in [5.74, 6) is 0.500. The lowest BCUT2D eigenvalue weighted by molar-refractivity contribution is 0.0939. The van der Waals surface area contributed by atoms with E-state index in [0.29, 0.717) is 22.9 Å². The number of hydrogen-bond donors (Lipinski definition) is 1. The van der Waals surface area contributed by atoms with Crippen LogP contribution in [-0.2, 0) is 6.61 Å². The molecule has 3 aromatic rings. The molecule has 0 aliphatic heterocycles. The van der Waals surface area contributed by atoms with Crippen molar-refractivity contribution in [2.75, 3.05) is 0 Å². The molecule has 4 heteroatoms. The zero-order valence-electron chi connectivity index (χ0n) is 16.3. The summed E-state index contributed by atoms with van der Waals surface area (Å²) in [6.07, 6.45) is 0. The Labute approximate surface area is 171 Å². The number of benzene rings is 3. The van der Waals surface area contributed by atoms with E-state index >= 15 is 0 Å². The summed E-state index contributed by atoms with van der Waals surface area (Å²) in [5, 5.41) is 3.72. The molecule has 3 nitrogen and oxygen atoms in total. The fourth-order valence-electron chi connectivity index (χ4n) is 2.90. The number of amides is 1. The molecule has 0 aromatic heterocycles. The lowest BCUT2D eigenvalue weighted by Crippen LogP contribution is -2.26. The fourth-order valence-corrected chi connectivity index (χ4v) is 3.09. The van der Waals surface area contributed by atoms with Gasteiger partial charge in [0.05, 0.1) is 6.04 Å². The molecule has 0 fully saturated rings. The number of carbonyl (C=O) groups excluding carboxylic acids is 1. The van der Waals surface area contributed by atoms with Gasteiger partial charge in [-0.15, -0.1) is 0 Å². The molecule has 0 aliphatic carbocycles. The van der Waals surface area contributed by atoms with Gasteiger partial charge in [-0.2, -0.15) is 0 Å². The van der Waals surface area contributed by atoms with Gasteiger partial charge in [0.1, 0.15) is 12.4 Å². The van der Waals surface area contributed by atoms with Crippen LogP contribution in [0.5, 0.6) is 5.75 Å². The highest BCUT2D eigenvalue weighted by Gasteiger charge is 2.13. The maximum Gasteiger partial charge on any atom is 0.251 e. The fraction of sp³-hybridized carbons (Fsp3) is 0.208. The van der Waals surface area contributed by atoms with Crippen LogP contribution in [0.15, 0.2) is 66.7 Å². The van der Waals surface area contributed by atoms with E-state index in [0.717, 1.165) is 11.1 Å². The first kappa shape index (κ1) is 20.0. The molecule has 0 unspecified atom stereocenters. The Morgan fingerprint density at radius 2 is 1.79 bits per heavy atom. The number of ether oxygens (including phenoxy) is 1. The van der Waals surface area contributed by atoms with Gasteiger partial charge in [-0.05, 0) is 61.7 Å². The first-order chi connectivity index (χ1) is 13.4. The van der Waals surface area contributed by atoms with E-state index in [4.69, 9.17) is 16.3 Å². The van der Waals surface area contributed by atoms with Crippen molar-refractivity contribution in [1.82, 2.24) is 5.32 Å². The van der Waals surface area contributed by atoms with Gasteiger partial charge in [-0.25, -0.2) is 0 Å². The van der Waals surface area contributed by atoms with E-state index in [9.17, 15) is 4.79 Å². The summed E-state index contributed by atoms with van der Waals surface area (Å²) >= 11 is 6.16. The Bertz CT molecular complexity index is 984. The third-order valence-electron chi connectivity index (χ3n) is 4.83. The predicted molar refractivity (Wildman–Crippen MR) is 114 cm³/mol. The van der Waals surface area contributed by atoms with E-state index in [1.54, 1.807) is 12.1 Å². The van der Waals surface area contributed by atoms with Gasteiger partial charge >= 0.3 is 0 Å². The van der Waals surface area contributed by atoms with Crippen LogP contribution in [0.25, 0.3) is 0 Å².